The van der Waals surface area contributed by atoms with Crippen LogP contribution in [0.25, 0.3) is 0 Å². The second kappa shape index (κ2) is 5.89. The van der Waals surface area contributed by atoms with E-state index in [-0.39, 0.29) is 18.0 Å². The summed E-state index contributed by atoms with van der Waals surface area (Å²) in [6.07, 6.45) is 6.34. The van der Waals surface area contributed by atoms with Crippen LogP contribution in [-0.2, 0) is 4.79 Å². The van der Waals surface area contributed by atoms with Crippen molar-refractivity contribution >= 4 is 11.9 Å². The van der Waals surface area contributed by atoms with E-state index in [1.807, 2.05) is 4.90 Å². The molecule has 0 spiro atoms. The molecule has 114 valence electrons. The molecule has 6 heteroatoms. The number of nitrogens with zero attached hydrogens (tertiary/aromatic N) is 2. The monoisotopic (exact) mass is 292 g/mol. The van der Waals surface area contributed by atoms with Crippen molar-refractivity contribution in [2.45, 2.75) is 37.8 Å². The fourth-order valence-electron chi connectivity index (χ4n) is 3.46. The molecule has 6 nitrogen and oxygen atoms in total. The molecule has 2 aliphatic heterocycles. The highest BCUT2D eigenvalue weighted by Crippen LogP contribution is 2.26. The van der Waals surface area contributed by atoms with Gasteiger partial charge in [-0.3, -0.25) is 14.5 Å². The van der Waals surface area contributed by atoms with Gasteiger partial charge in [-0.15, -0.1) is 0 Å². The van der Waals surface area contributed by atoms with E-state index in [9.17, 15) is 14.7 Å². The molecular weight excluding hydrogens is 272 g/mol. The number of carboxylic acids is 1. The Morgan fingerprint density at radius 1 is 1.19 bits per heavy atom. The molecule has 21 heavy (non-hydrogen) atoms. The minimum absolute atomic E-state index is 0.00148. The van der Waals surface area contributed by atoms with Crippen LogP contribution in [0.15, 0.2) is 23.0 Å². The number of hydrogen-bond acceptors (Lipinski definition) is 4. The van der Waals surface area contributed by atoms with Gasteiger partial charge in [-0.1, -0.05) is 0 Å². The van der Waals surface area contributed by atoms with Crippen molar-refractivity contribution in [3.05, 3.63) is 24.2 Å². The molecule has 2 aliphatic rings. The summed E-state index contributed by atoms with van der Waals surface area (Å²) < 4.78 is 4.95. The topological polar surface area (TPSA) is 74.0 Å². The second-order valence-corrected chi connectivity index (χ2v) is 5.77. The number of hydrogen-bond donors (Lipinski definition) is 1. The van der Waals surface area contributed by atoms with Gasteiger partial charge in [0.25, 0.3) is 5.91 Å². The smallest absolute Gasteiger partial charge is 0.320 e. The van der Waals surface area contributed by atoms with Crippen molar-refractivity contribution in [3.8, 4) is 0 Å². The van der Waals surface area contributed by atoms with Crippen LogP contribution in [0.5, 0.6) is 0 Å². The van der Waals surface area contributed by atoms with Crippen LogP contribution < -0.4 is 0 Å². The first kappa shape index (κ1) is 14.1. The van der Waals surface area contributed by atoms with Crippen LogP contribution in [0.3, 0.4) is 0 Å². The Morgan fingerprint density at radius 3 is 2.57 bits per heavy atom. The van der Waals surface area contributed by atoms with Gasteiger partial charge in [-0.05, 0) is 38.3 Å². The van der Waals surface area contributed by atoms with Gasteiger partial charge in [-0.25, -0.2) is 0 Å². The van der Waals surface area contributed by atoms with Gasteiger partial charge >= 0.3 is 5.97 Å². The van der Waals surface area contributed by atoms with E-state index in [2.05, 4.69) is 4.90 Å². The standard InChI is InChI=1S/C15H20N2O4/c18-14(11-5-9-21-10-11)16-7-3-12(4-8-16)17-6-1-2-13(17)15(19)20/h5,9-10,12-13H,1-4,6-8H2,(H,19,20). The molecule has 1 aromatic rings. The van der Waals surface area contributed by atoms with Gasteiger partial charge < -0.3 is 14.4 Å². The summed E-state index contributed by atoms with van der Waals surface area (Å²) in [5.41, 5.74) is 0.582. The van der Waals surface area contributed by atoms with E-state index in [1.165, 1.54) is 12.5 Å². The van der Waals surface area contributed by atoms with Crippen molar-refractivity contribution in [2.24, 2.45) is 0 Å². The van der Waals surface area contributed by atoms with Crippen molar-refractivity contribution in [1.29, 1.82) is 0 Å². The highest BCUT2D eigenvalue weighted by Gasteiger charge is 2.37. The number of amides is 1. The summed E-state index contributed by atoms with van der Waals surface area (Å²) >= 11 is 0. The SMILES string of the molecule is O=C(O)C1CCCN1C1CCN(C(=O)c2ccoc2)CC1. The van der Waals surface area contributed by atoms with Crippen LogP contribution in [0.4, 0.5) is 0 Å². The molecule has 2 fully saturated rings. The molecule has 0 radical (unpaired) electrons. The first-order valence-electron chi connectivity index (χ1n) is 7.47. The summed E-state index contributed by atoms with van der Waals surface area (Å²) in [5, 5.41) is 9.26. The number of carbonyl (C=O) groups is 2. The summed E-state index contributed by atoms with van der Waals surface area (Å²) in [4.78, 5) is 27.4. The molecule has 1 atom stereocenters. The molecule has 3 rings (SSSR count). The van der Waals surface area contributed by atoms with Gasteiger partial charge in [0.2, 0.25) is 0 Å². The van der Waals surface area contributed by atoms with Gasteiger partial charge in [0.15, 0.2) is 0 Å². The van der Waals surface area contributed by atoms with Crippen molar-refractivity contribution in [2.75, 3.05) is 19.6 Å². The molecular formula is C15H20N2O4. The van der Waals surface area contributed by atoms with Crippen LogP contribution in [-0.4, -0.2) is 58.5 Å². The predicted molar refractivity (Wildman–Crippen MR) is 75.0 cm³/mol. The van der Waals surface area contributed by atoms with Crippen molar-refractivity contribution in [1.82, 2.24) is 9.80 Å². The Kier molecular flexibility index (Phi) is 3.96. The van der Waals surface area contributed by atoms with Crippen molar-refractivity contribution in [3.63, 3.8) is 0 Å². The lowest BCUT2D eigenvalue weighted by molar-refractivity contribution is -0.143. The lowest BCUT2D eigenvalue weighted by Crippen LogP contribution is -2.49. The predicted octanol–water partition coefficient (Wildman–Crippen LogP) is 1.43. The Morgan fingerprint density at radius 2 is 1.95 bits per heavy atom. The molecule has 3 heterocycles. The number of furan rings is 1. The Labute approximate surface area is 123 Å². The van der Waals surface area contributed by atoms with Crippen LogP contribution >= 0.6 is 0 Å². The zero-order valence-electron chi connectivity index (χ0n) is 11.9. The van der Waals surface area contributed by atoms with Crippen LogP contribution in [0.2, 0.25) is 0 Å². The van der Waals surface area contributed by atoms with Crippen LogP contribution in [0.1, 0.15) is 36.0 Å². The zero-order chi connectivity index (χ0) is 14.8. The average molecular weight is 292 g/mol. The minimum atomic E-state index is -0.718. The first-order valence-corrected chi connectivity index (χ1v) is 7.47. The Hall–Kier alpha value is -1.82. The average Bonchev–Trinajstić information content (AvgIpc) is 3.18. The molecule has 1 aromatic heterocycles. The highest BCUT2D eigenvalue weighted by atomic mass is 16.4. The van der Waals surface area contributed by atoms with Gasteiger partial charge in [-0.2, -0.15) is 0 Å². The number of aliphatic carboxylic acids is 1. The van der Waals surface area contributed by atoms with Gasteiger partial charge in [0.05, 0.1) is 11.8 Å². The Bertz CT molecular complexity index is 506. The third-order valence-electron chi connectivity index (χ3n) is 4.57. The van der Waals surface area contributed by atoms with E-state index in [0.717, 1.165) is 32.2 Å². The molecule has 1 N–H and O–H groups in total. The van der Waals surface area contributed by atoms with Crippen molar-refractivity contribution < 1.29 is 19.1 Å². The third kappa shape index (κ3) is 2.81. The molecule has 0 bridgehead atoms. The molecule has 1 unspecified atom stereocenters. The lowest BCUT2D eigenvalue weighted by atomic mass is 10.0. The summed E-state index contributed by atoms with van der Waals surface area (Å²) in [6, 6.07) is 1.61. The molecule has 0 saturated carbocycles. The number of likely N-dealkylation sites (tertiary alicyclic amines) is 2. The van der Waals surface area contributed by atoms with E-state index in [1.54, 1.807) is 6.07 Å². The van der Waals surface area contributed by atoms with Crippen LogP contribution in [0, 0.1) is 0 Å². The first-order chi connectivity index (χ1) is 10.2. The lowest BCUT2D eigenvalue weighted by Gasteiger charge is -2.38. The summed E-state index contributed by atoms with van der Waals surface area (Å²) in [7, 11) is 0. The number of carbonyl (C=O) groups excluding carboxylic acids is 1. The van der Waals surface area contributed by atoms with E-state index in [0.29, 0.717) is 18.7 Å². The largest absolute Gasteiger partial charge is 0.480 e. The number of rotatable bonds is 3. The molecule has 1 amide bonds. The third-order valence-corrected chi connectivity index (χ3v) is 4.57. The zero-order valence-corrected chi connectivity index (χ0v) is 11.9. The fourth-order valence-corrected chi connectivity index (χ4v) is 3.46. The van der Waals surface area contributed by atoms with Gasteiger partial charge in [0.1, 0.15) is 12.3 Å². The van der Waals surface area contributed by atoms with E-state index < -0.39 is 5.97 Å². The highest BCUT2D eigenvalue weighted by molar-refractivity contribution is 5.93. The maximum Gasteiger partial charge on any atom is 0.320 e. The molecule has 0 aliphatic carbocycles. The summed E-state index contributed by atoms with van der Waals surface area (Å²) in [6.45, 7) is 2.21. The Balaban J connectivity index is 1.58. The second-order valence-electron chi connectivity index (χ2n) is 5.77. The maximum atomic E-state index is 12.2. The normalized spacial score (nSPS) is 24.4. The quantitative estimate of drug-likeness (QED) is 0.912. The van der Waals surface area contributed by atoms with E-state index >= 15 is 0 Å². The summed E-state index contributed by atoms with van der Waals surface area (Å²) in [5.74, 6) is -0.720. The fraction of sp³-hybridized carbons (Fsp3) is 0.600. The number of piperidine rings is 1. The molecule has 0 aromatic carbocycles. The number of carboxylic acid groups (broad SMARTS) is 1. The van der Waals surface area contributed by atoms with E-state index in [4.69, 9.17) is 4.42 Å². The molecule has 2 saturated heterocycles. The maximum absolute atomic E-state index is 12.2. The van der Waals surface area contributed by atoms with Gasteiger partial charge in [0, 0.05) is 19.1 Å². The minimum Gasteiger partial charge on any atom is -0.480 e.